The third kappa shape index (κ3) is 3.56. The molecule has 0 saturated heterocycles. The Morgan fingerprint density at radius 2 is 2.07 bits per heavy atom. The summed E-state index contributed by atoms with van der Waals surface area (Å²) >= 11 is 0. The van der Waals surface area contributed by atoms with Crippen molar-refractivity contribution in [3.63, 3.8) is 0 Å². The van der Waals surface area contributed by atoms with E-state index in [1.54, 1.807) is 23.1 Å². The molecule has 0 saturated carbocycles. The lowest BCUT2D eigenvalue weighted by Crippen LogP contribution is -2.45. The first kappa shape index (κ1) is 20.1. The Balaban J connectivity index is 1.50. The molecule has 3 heterocycles. The van der Waals surface area contributed by atoms with E-state index in [1.807, 2.05) is 39.8 Å². The summed E-state index contributed by atoms with van der Waals surface area (Å²) in [4.78, 5) is 31.6. The summed E-state index contributed by atoms with van der Waals surface area (Å²) in [5, 5.41) is 11.3. The van der Waals surface area contributed by atoms with Gasteiger partial charge >= 0.3 is 0 Å². The number of benzene rings is 1. The van der Waals surface area contributed by atoms with E-state index >= 15 is 0 Å². The molecule has 0 aliphatic carbocycles. The van der Waals surface area contributed by atoms with Crippen LogP contribution in [0.25, 0.3) is 0 Å². The zero-order valence-electron chi connectivity index (χ0n) is 17.7. The van der Waals surface area contributed by atoms with Crippen LogP contribution in [0.1, 0.15) is 55.0 Å². The number of Topliss-reactive ketones (excluding diaryl/α,β-unsaturated/α-hetero) is 1. The van der Waals surface area contributed by atoms with Crippen molar-refractivity contribution in [3.8, 4) is 5.75 Å². The smallest absolute Gasteiger partial charge is 0.266 e. The minimum atomic E-state index is -0.587. The number of pyridine rings is 1. The van der Waals surface area contributed by atoms with Gasteiger partial charge in [-0.3, -0.25) is 15.0 Å². The summed E-state index contributed by atoms with van der Waals surface area (Å²) in [6, 6.07) is 9.03. The first-order valence-corrected chi connectivity index (χ1v) is 10.1. The number of anilines is 1. The summed E-state index contributed by atoms with van der Waals surface area (Å²) in [5.74, 6) is 0.493. The molecule has 1 aromatic carbocycles. The second-order valence-corrected chi connectivity index (χ2v) is 8.86. The topological polar surface area (TPSA) is 95.4 Å². The lowest BCUT2D eigenvalue weighted by atomic mass is 9.87. The van der Waals surface area contributed by atoms with Crippen LogP contribution in [0.15, 0.2) is 30.3 Å². The molecule has 1 aromatic heterocycles. The van der Waals surface area contributed by atoms with Crippen LogP contribution in [0, 0.1) is 10.8 Å². The van der Waals surface area contributed by atoms with Gasteiger partial charge in [0.15, 0.2) is 11.9 Å². The molecule has 0 radical (unpaired) electrons. The highest BCUT2D eigenvalue weighted by molar-refractivity contribution is 6.06. The zero-order valence-corrected chi connectivity index (χ0v) is 17.7. The molecule has 0 fully saturated rings. The number of aryl methyl sites for hydroxylation is 1. The Morgan fingerprint density at radius 1 is 1.30 bits per heavy atom. The van der Waals surface area contributed by atoms with Gasteiger partial charge in [0.05, 0.1) is 12.2 Å². The first-order chi connectivity index (χ1) is 14.2. The van der Waals surface area contributed by atoms with Crippen molar-refractivity contribution < 1.29 is 14.3 Å². The predicted octanol–water partition coefficient (Wildman–Crippen LogP) is 3.41. The van der Waals surface area contributed by atoms with E-state index in [-0.39, 0.29) is 29.5 Å². The van der Waals surface area contributed by atoms with E-state index in [2.05, 4.69) is 10.3 Å². The van der Waals surface area contributed by atoms with E-state index in [0.717, 1.165) is 17.7 Å². The average molecular weight is 406 g/mol. The van der Waals surface area contributed by atoms with E-state index in [1.165, 1.54) is 0 Å². The van der Waals surface area contributed by atoms with Crippen molar-refractivity contribution in [1.29, 1.82) is 5.41 Å². The molecule has 2 aromatic rings. The standard InChI is InChI=1S/C23H26N4O3/c1-5-15-8-6-14-11-27(21(24)19(14)25-15)12-17(28)13-7-9-18-16(10-13)26-22(29)20(30-18)23(2,3)4/h6-10,20,24H,5,11-12H2,1-4H3,(H,26,29). The fourth-order valence-corrected chi connectivity index (χ4v) is 3.74. The second-order valence-electron chi connectivity index (χ2n) is 8.86. The van der Waals surface area contributed by atoms with Crippen molar-refractivity contribution in [1.82, 2.24) is 9.88 Å². The fraction of sp³-hybridized carbons (Fsp3) is 0.391. The molecule has 156 valence electrons. The molecule has 2 aliphatic rings. The number of amides is 1. The van der Waals surface area contributed by atoms with Crippen LogP contribution >= 0.6 is 0 Å². The van der Waals surface area contributed by atoms with Gasteiger partial charge < -0.3 is 15.0 Å². The third-order valence-electron chi connectivity index (χ3n) is 5.46. The van der Waals surface area contributed by atoms with Crippen molar-refractivity contribution in [2.45, 2.75) is 46.8 Å². The minimum absolute atomic E-state index is 0.0782. The Hall–Kier alpha value is -3.22. The Labute approximate surface area is 176 Å². The highest BCUT2D eigenvalue weighted by Crippen LogP contribution is 2.36. The van der Waals surface area contributed by atoms with E-state index in [0.29, 0.717) is 29.2 Å². The van der Waals surface area contributed by atoms with Gasteiger partial charge in [0.2, 0.25) is 0 Å². The maximum atomic E-state index is 12.9. The van der Waals surface area contributed by atoms with Crippen LogP contribution in [0.4, 0.5) is 5.69 Å². The molecule has 1 unspecified atom stereocenters. The second kappa shape index (κ2) is 7.23. The number of aromatic nitrogens is 1. The SMILES string of the molecule is CCc1ccc2c(n1)C(=N)N(CC(=O)c1ccc3c(c1)NC(=O)C(C(C)(C)C)O3)C2. The molecule has 1 atom stereocenters. The quantitative estimate of drug-likeness (QED) is 0.759. The van der Waals surface area contributed by atoms with Crippen LogP contribution < -0.4 is 10.1 Å². The molecular weight excluding hydrogens is 380 g/mol. The number of nitrogens with one attached hydrogen (secondary N) is 2. The van der Waals surface area contributed by atoms with E-state index in [4.69, 9.17) is 10.1 Å². The van der Waals surface area contributed by atoms with Gasteiger partial charge in [0, 0.05) is 28.8 Å². The Kier molecular flexibility index (Phi) is 4.84. The number of carbonyl (C=O) groups excluding carboxylic acids is 2. The number of nitrogens with zero attached hydrogens (tertiary/aromatic N) is 2. The van der Waals surface area contributed by atoms with Gasteiger partial charge in [-0.15, -0.1) is 0 Å². The first-order valence-electron chi connectivity index (χ1n) is 10.1. The van der Waals surface area contributed by atoms with Crippen molar-refractivity contribution in [3.05, 3.63) is 52.8 Å². The third-order valence-corrected chi connectivity index (χ3v) is 5.46. The van der Waals surface area contributed by atoms with Gasteiger partial charge in [-0.2, -0.15) is 0 Å². The number of carbonyl (C=O) groups is 2. The molecule has 2 aliphatic heterocycles. The van der Waals surface area contributed by atoms with Crippen LogP contribution in [-0.2, 0) is 17.8 Å². The summed E-state index contributed by atoms with van der Waals surface area (Å²) in [6.07, 6.45) is 0.217. The van der Waals surface area contributed by atoms with E-state index in [9.17, 15) is 9.59 Å². The number of hydrogen-bond donors (Lipinski definition) is 2. The predicted molar refractivity (Wildman–Crippen MR) is 114 cm³/mol. The lowest BCUT2D eigenvalue weighted by Gasteiger charge is -2.34. The molecule has 30 heavy (non-hydrogen) atoms. The number of ether oxygens (including phenoxy) is 1. The van der Waals surface area contributed by atoms with Crippen LogP contribution in [0.2, 0.25) is 0 Å². The lowest BCUT2D eigenvalue weighted by molar-refractivity contribution is -0.128. The van der Waals surface area contributed by atoms with Crippen LogP contribution in [0.3, 0.4) is 0 Å². The maximum absolute atomic E-state index is 12.9. The molecule has 1 amide bonds. The maximum Gasteiger partial charge on any atom is 0.266 e. The van der Waals surface area contributed by atoms with Crippen molar-refractivity contribution in [2.75, 3.05) is 11.9 Å². The van der Waals surface area contributed by atoms with Gasteiger partial charge in [-0.1, -0.05) is 33.8 Å². The molecule has 2 N–H and O–H groups in total. The largest absolute Gasteiger partial charge is 0.478 e. The Bertz CT molecular complexity index is 1050. The summed E-state index contributed by atoms with van der Waals surface area (Å²) < 4.78 is 5.88. The van der Waals surface area contributed by atoms with Crippen molar-refractivity contribution >= 4 is 23.2 Å². The van der Waals surface area contributed by atoms with Crippen LogP contribution in [0.5, 0.6) is 5.75 Å². The Morgan fingerprint density at radius 3 is 2.77 bits per heavy atom. The minimum Gasteiger partial charge on any atom is -0.478 e. The zero-order chi connectivity index (χ0) is 21.6. The normalized spacial score (nSPS) is 17.9. The van der Waals surface area contributed by atoms with Gasteiger partial charge in [-0.05, 0) is 30.7 Å². The summed E-state index contributed by atoms with van der Waals surface area (Å²) in [7, 11) is 0. The van der Waals surface area contributed by atoms with Gasteiger partial charge in [0.1, 0.15) is 17.3 Å². The monoisotopic (exact) mass is 406 g/mol. The summed E-state index contributed by atoms with van der Waals surface area (Å²) in [6.45, 7) is 8.44. The van der Waals surface area contributed by atoms with E-state index < -0.39 is 6.10 Å². The highest BCUT2D eigenvalue weighted by Gasteiger charge is 2.37. The van der Waals surface area contributed by atoms with Crippen molar-refractivity contribution in [2.24, 2.45) is 5.41 Å². The highest BCUT2D eigenvalue weighted by atomic mass is 16.5. The molecule has 4 rings (SSSR count). The van der Waals surface area contributed by atoms with Gasteiger partial charge in [-0.25, -0.2) is 4.98 Å². The number of amidine groups is 1. The van der Waals surface area contributed by atoms with Crippen LogP contribution in [-0.4, -0.2) is 40.1 Å². The average Bonchev–Trinajstić information content (AvgIpc) is 3.00. The number of fused-ring (bicyclic) bond motifs is 2. The molecule has 0 spiro atoms. The fourth-order valence-electron chi connectivity index (χ4n) is 3.74. The molecule has 0 bridgehead atoms. The number of ketones is 1. The molecule has 7 heteroatoms. The molecule has 7 nitrogen and oxygen atoms in total. The number of rotatable bonds is 4. The van der Waals surface area contributed by atoms with Gasteiger partial charge in [0.25, 0.3) is 5.91 Å². The molecular formula is C23H26N4O3. The number of hydrogen-bond acceptors (Lipinski definition) is 5. The summed E-state index contributed by atoms with van der Waals surface area (Å²) in [5.41, 5.74) is 3.18.